The molecule has 1 aliphatic rings. The molecule has 0 amide bonds. The first-order valence-electron chi connectivity index (χ1n) is 5.23. The van der Waals surface area contributed by atoms with Crippen molar-refractivity contribution in [1.29, 1.82) is 0 Å². The van der Waals surface area contributed by atoms with E-state index >= 15 is 0 Å². The molecule has 0 spiro atoms. The predicted molar refractivity (Wildman–Crippen MR) is 54.2 cm³/mol. The summed E-state index contributed by atoms with van der Waals surface area (Å²) in [6.45, 7) is 11.7. The van der Waals surface area contributed by atoms with Crippen LogP contribution in [0.2, 0.25) is 0 Å². The van der Waals surface area contributed by atoms with Crippen molar-refractivity contribution in [3.05, 3.63) is 0 Å². The first-order chi connectivity index (χ1) is 5.52. The standard InChI is InChI=1S/C11H23N/c1-9(2)5-6-12-8-10-7-11(10,3)4/h9-10,12H,5-8H2,1-4H3. The lowest BCUT2D eigenvalue weighted by atomic mass is 10.1. The molecule has 1 fully saturated rings. The van der Waals surface area contributed by atoms with E-state index in [2.05, 4.69) is 33.0 Å². The second-order valence-electron chi connectivity index (χ2n) is 5.28. The average Bonchev–Trinajstić information content (AvgIpc) is 2.51. The molecule has 0 radical (unpaired) electrons. The SMILES string of the molecule is CC(C)CCNCC1CC1(C)C. The van der Waals surface area contributed by atoms with Gasteiger partial charge >= 0.3 is 0 Å². The molecule has 12 heavy (non-hydrogen) atoms. The minimum atomic E-state index is 0.644. The van der Waals surface area contributed by atoms with E-state index in [0.717, 1.165) is 11.8 Å². The van der Waals surface area contributed by atoms with Crippen LogP contribution in [0.3, 0.4) is 0 Å². The van der Waals surface area contributed by atoms with Gasteiger partial charge in [-0.2, -0.15) is 0 Å². The molecule has 1 atom stereocenters. The molecule has 0 aliphatic heterocycles. The third-order valence-electron chi connectivity index (χ3n) is 3.01. The summed E-state index contributed by atoms with van der Waals surface area (Å²) in [6, 6.07) is 0. The van der Waals surface area contributed by atoms with Gasteiger partial charge in [-0.05, 0) is 43.2 Å². The van der Waals surface area contributed by atoms with Gasteiger partial charge < -0.3 is 5.32 Å². The Balaban J connectivity index is 1.91. The number of hydrogen-bond donors (Lipinski definition) is 1. The smallest absolute Gasteiger partial charge is 0.00152 e. The molecule has 0 bridgehead atoms. The molecule has 72 valence electrons. The Kier molecular flexibility index (Phi) is 3.16. The molecule has 1 aliphatic carbocycles. The van der Waals surface area contributed by atoms with Crippen LogP contribution in [0, 0.1) is 17.3 Å². The van der Waals surface area contributed by atoms with E-state index in [0.29, 0.717) is 5.41 Å². The predicted octanol–water partition coefficient (Wildman–Crippen LogP) is 2.67. The molecule has 0 aromatic heterocycles. The van der Waals surface area contributed by atoms with Crippen molar-refractivity contribution in [3.8, 4) is 0 Å². The molecule has 0 saturated heterocycles. The van der Waals surface area contributed by atoms with E-state index in [-0.39, 0.29) is 0 Å². The largest absolute Gasteiger partial charge is 0.316 e. The lowest BCUT2D eigenvalue weighted by molar-refractivity contribution is 0.489. The van der Waals surface area contributed by atoms with Gasteiger partial charge in [-0.25, -0.2) is 0 Å². The van der Waals surface area contributed by atoms with Gasteiger partial charge in [0.1, 0.15) is 0 Å². The molecule has 1 rings (SSSR count). The highest BCUT2D eigenvalue weighted by Gasteiger charge is 2.44. The van der Waals surface area contributed by atoms with Crippen molar-refractivity contribution in [2.24, 2.45) is 17.3 Å². The highest BCUT2D eigenvalue weighted by molar-refractivity contribution is 4.95. The maximum atomic E-state index is 3.53. The van der Waals surface area contributed by atoms with Crippen molar-refractivity contribution in [3.63, 3.8) is 0 Å². The number of hydrogen-bond acceptors (Lipinski definition) is 1. The van der Waals surface area contributed by atoms with Crippen LogP contribution in [0.5, 0.6) is 0 Å². The molecule has 0 aromatic rings. The molecule has 1 saturated carbocycles. The zero-order chi connectivity index (χ0) is 9.19. The summed E-state index contributed by atoms with van der Waals surface area (Å²) in [7, 11) is 0. The lowest BCUT2D eigenvalue weighted by Crippen LogP contribution is -2.20. The zero-order valence-corrected chi connectivity index (χ0v) is 8.98. The van der Waals surface area contributed by atoms with E-state index in [9.17, 15) is 0 Å². The van der Waals surface area contributed by atoms with Crippen LogP contribution >= 0.6 is 0 Å². The third-order valence-corrected chi connectivity index (χ3v) is 3.01. The van der Waals surface area contributed by atoms with E-state index in [4.69, 9.17) is 0 Å². The minimum Gasteiger partial charge on any atom is -0.316 e. The van der Waals surface area contributed by atoms with Crippen LogP contribution in [-0.4, -0.2) is 13.1 Å². The van der Waals surface area contributed by atoms with Gasteiger partial charge in [0, 0.05) is 0 Å². The number of nitrogens with one attached hydrogen (secondary N) is 1. The van der Waals surface area contributed by atoms with Crippen LogP contribution in [-0.2, 0) is 0 Å². The Morgan fingerprint density at radius 2 is 2.00 bits per heavy atom. The maximum absolute atomic E-state index is 3.53. The van der Waals surface area contributed by atoms with E-state index < -0.39 is 0 Å². The van der Waals surface area contributed by atoms with Gasteiger partial charge in [0.2, 0.25) is 0 Å². The normalized spacial score (nSPS) is 26.2. The van der Waals surface area contributed by atoms with E-state index in [1.54, 1.807) is 0 Å². The van der Waals surface area contributed by atoms with Gasteiger partial charge in [0.25, 0.3) is 0 Å². The topological polar surface area (TPSA) is 12.0 Å². The molecule has 0 aromatic carbocycles. The van der Waals surface area contributed by atoms with Crippen LogP contribution < -0.4 is 5.32 Å². The summed E-state index contributed by atoms with van der Waals surface area (Å²) in [5.41, 5.74) is 0.644. The van der Waals surface area contributed by atoms with Crippen LogP contribution in [0.1, 0.15) is 40.5 Å². The minimum absolute atomic E-state index is 0.644. The maximum Gasteiger partial charge on any atom is -0.00152 e. The molecular formula is C11H23N. The number of rotatable bonds is 5. The van der Waals surface area contributed by atoms with Crippen LogP contribution in [0.25, 0.3) is 0 Å². The van der Waals surface area contributed by atoms with Gasteiger partial charge in [-0.1, -0.05) is 27.7 Å². The van der Waals surface area contributed by atoms with Gasteiger partial charge in [-0.15, -0.1) is 0 Å². The Morgan fingerprint density at radius 1 is 1.42 bits per heavy atom. The van der Waals surface area contributed by atoms with Crippen molar-refractivity contribution in [2.45, 2.75) is 40.5 Å². The average molecular weight is 169 g/mol. The Morgan fingerprint density at radius 3 is 2.42 bits per heavy atom. The van der Waals surface area contributed by atoms with Crippen molar-refractivity contribution in [2.75, 3.05) is 13.1 Å². The molecule has 1 heteroatoms. The van der Waals surface area contributed by atoms with E-state index in [1.165, 1.54) is 25.9 Å². The molecule has 1 unspecified atom stereocenters. The summed E-state index contributed by atoms with van der Waals surface area (Å²) in [5.74, 6) is 1.79. The van der Waals surface area contributed by atoms with Crippen molar-refractivity contribution >= 4 is 0 Å². The summed E-state index contributed by atoms with van der Waals surface area (Å²) < 4.78 is 0. The fourth-order valence-corrected chi connectivity index (χ4v) is 1.59. The molecule has 1 N–H and O–H groups in total. The Labute approximate surface area is 76.9 Å². The Bertz CT molecular complexity index is 138. The Hall–Kier alpha value is -0.0400. The van der Waals surface area contributed by atoms with Crippen molar-refractivity contribution < 1.29 is 0 Å². The van der Waals surface area contributed by atoms with Gasteiger partial charge in [-0.3, -0.25) is 0 Å². The molecular weight excluding hydrogens is 146 g/mol. The van der Waals surface area contributed by atoms with Gasteiger partial charge in [0.05, 0.1) is 0 Å². The van der Waals surface area contributed by atoms with Gasteiger partial charge in [0.15, 0.2) is 0 Å². The highest BCUT2D eigenvalue weighted by atomic mass is 14.9. The van der Waals surface area contributed by atoms with Crippen LogP contribution in [0.15, 0.2) is 0 Å². The fraction of sp³-hybridized carbons (Fsp3) is 1.00. The van der Waals surface area contributed by atoms with Crippen molar-refractivity contribution in [1.82, 2.24) is 5.32 Å². The molecule has 1 nitrogen and oxygen atoms in total. The van der Waals surface area contributed by atoms with E-state index in [1.807, 2.05) is 0 Å². The first-order valence-corrected chi connectivity index (χ1v) is 5.23. The third kappa shape index (κ3) is 3.14. The summed E-state index contributed by atoms with van der Waals surface area (Å²) in [4.78, 5) is 0. The second-order valence-corrected chi connectivity index (χ2v) is 5.28. The second kappa shape index (κ2) is 3.78. The molecule has 0 heterocycles. The lowest BCUT2D eigenvalue weighted by Gasteiger charge is -2.07. The summed E-state index contributed by atoms with van der Waals surface area (Å²) in [6.07, 6.45) is 2.73. The summed E-state index contributed by atoms with van der Waals surface area (Å²) in [5, 5.41) is 3.53. The summed E-state index contributed by atoms with van der Waals surface area (Å²) >= 11 is 0. The monoisotopic (exact) mass is 169 g/mol. The fourth-order valence-electron chi connectivity index (χ4n) is 1.59. The van der Waals surface area contributed by atoms with Crippen LogP contribution in [0.4, 0.5) is 0 Å². The quantitative estimate of drug-likeness (QED) is 0.624. The first kappa shape index (κ1) is 10.0. The zero-order valence-electron chi connectivity index (χ0n) is 8.98. The highest BCUT2D eigenvalue weighted by Crippen LogP contribution is 2.50.